The zero-order valence-corrected chi connectivity index (χ0v) is 12.7. The molecule has 0 unspecified atom stereocenters. The van der Waals surface area contributed by atoms with E-state index in [0.29, 0.717) is 11.1 Å². The predicted molar refractivity (Wildman–Crippen MR) is 81.2 cm³/mol. The fourth-order valence-electron chi connectivity index (χ4n) is 2.66. The molecule has 0 radical (unpaired) electrons. The zero-order chi connectivity index (χ0) is 15.1. The zero-order valence-electron chi connectivity index (χ0n) is 11.9. The average molecular weight is 295 g/mol. The molecule has 21 heavy (non-hydrogen) atoms. The molecular weight excluding hydrogens is 282 g/mol. The first-order chi connectivity index (χ1) is 10.1. The topological polar surface area (TPSA) is 88.3 Å². The van der Waals surface area contributed by atoms with E-state index < -0.39 is 0 Å². The number of hydrogen-bond acceptors (Lipinski definition) is 5. The Balaban J connectivity index is 2.23. The molecule has 0 aliphatic carbocycles. The Bertz CT molecular complexity index is 845. The molecule has 1 aliphatic heterocycles. The summed E-state index contributed by atoms with van der Waals surface area (Å²) < 4.78 is 1.08. The van der Waals surface area contributed by atoms with Crippen LogP contribution in [0.3, 0.4) is 0 Å². The highest BCUT2D eigenvalue weighted by atomic mass is 32.1. The molecule has 5 nitrogen and oxygen atoms in total. The third-order valence-electron chi connectivity index (χ3n) is 3.70. The maximum Gasteiger partial charge on any atom is 0.103 e. The van der Waals surface area contributed by atoms with Crippen molar-refractivity contribution in [2.75, 3.05) is 0 Å². The van der Waals surface area contributed by atoms with Gasteiger partial charge in [0.1, 0.15) is 5.52 Å². The monoisotopic (exact) mass is 295 g/mol. The second kappa shape index (κ2) is 4.76. The van der Waals surface area contributed by atoms with Crippen LogP contribution >= 0.6 is 11.3 Å². The number of nitriles is 2. The summed E-state index contributed by atoms with van der Waals surface area (Å²) in [5, 5.41) is 29.3. The SMILES string of the molecule is CC1=C(C#N)C(c2cc3n[nH]c(C)c3s2)C(C#N)=C(C)N1. The van der Waals surface area contributed by atoms with E-state index in [1.807, 2.05) is 26.8 Å². The molecule has 0 saturated carbocycles. The fraction of sp³-hybridized carbons (Fsp3) is 0.267. The molecule has 0 fully saturated rings. The van der Waals surface area contributed by atoms with Crippen LogP contribution in [0.2, 0.25) is 0 Å². The van der Waals surface area contributed by atoms with Crippen molar-refractivity contribution in [2.24, 2.45) is 0 Å². The minimum Gasteiger partial charge on any atom is -0.361 e. The van der Waals surface area contributed by atoms with Gasteiger partial charge in [-0.3, -0.25) is 5.10 Å². The van der Waals surface area contributed by atoms with Crippen LogP contribution in [0, 0.1) is 29.6 Å². The van der Waals surface area contributed by atoms with Crippen LogP contribution in [0.1, 0.15) is 30.3 Å². The number of thiophene rings is 1. The molecule has 2 aromatic heterocycles. The number of aromatic amines is 1. The molecule has 0 amide bonds. The van der Waals surface area contributed by atoms with Gasteiger partial charge < -0.3 is 5.32 Å². The lowest BCUT2D eigenvalue weighted by atomic mass is 9.86. The summed E-state index contributed by atoms with van der Waals surface area (Å²) in [4.78, 5) is 0.984. The number of aromatic nitrogens is 2. The second-order valence-corrected chi connectivity index (χ2v) is 6.15. The largest absolute Gasteiger partial charge is 0.361 e. The fourth-order valence-corrected chi connectivity index (χ4v) is 3.83. The number of nitrogens with zero attached hydrogens (tertiary/aromatic N) is 3. The normalized spacial score (nSPS) is 16.0. The summed E-state index contributed by atoms with van der Waals surface area (Å²) in [5.41, 5.74) is 4.71. The summed E-state index contributed by atoms with van der Waals surface area (Å²) in [6.45, 7) is 5.71. The van der Waals surface area contributed by atoms with E-state index in [0.717, 1.165) is 32.2 Å². The van der Waals surface area contributed by atoms with Gasteiger partial charge in [0.25, 0.3) is 0 Å². The molecule has 0 spiro atoms. The minimum absolute atomic E-state index is 0.292. The Morgan fingerprint density at radius 2 is 1.76 bits per heavy atom. The second-order valence-electron chi connectivity index (χ2n) is 5.07. The summed E-state index contributed by atoms with van der Waals surface area (Å²) in [6.07, 6.45) is 0. The number of fused-ring (bicyclic) bond motifs is 1. The summed E-state index contributed by atoms with van der Waals surface area (Å²) in [7, 11) is 0. The predicted octanol–water partition coefficient (Wildman–Crippen LogP) is 3.21. The van der Waals surface area contributed by atoms with E-state index in [1.54, 1.807) is 11.3 Å². The lowest BCUT2D eigenvalue weighted by Crippen LogP contribution is -2.22. The van der Waals surface area contributed by atoms with Crippen molar-refractivity contribution < 1.29 is 0 Å². The van der Waals surface area contributed by atoms with Gasteiger partial charge in [0.05, 0.1) is 33.9 Å². The van der Waals surface area contributed by atoms with Crippen LogP contribution in [0.25, 0.3) is 10.2 Å². The number of H-pyrrole nitrogens is 1. The molecular formula is C15H13N5S. The van der Waals surface area contributed by atoms with Gasteiger partial charge >= 0.3 is 0 Å². The number of aryl methyl sites for hydroxylation is 1. The Morgan fingerprint density at radius 1 is 1.14 bits per heavy atom. The average Bonchev–Trinajstić information content (AvgIpc) is 3.00. The van der Waals surface area contributed by atoms with Crippen molar-refractivity contribution in [2.45, 2.75) is 26.7 Å². The first-order valence-corrected chi connectivity index (χ1v) is 7.31. The maximum absolute atomic E-state index is 9.48. The molecule has 3 heterocycles. The van der Waals surface area contributed by atoms with Crippen molar-refractivity contribution >= 4 is 21.6 Å². The molecule has 0 atom stereocenters. The van der Waals surface area contributed by atoms with Crippen molar-refractivity contribution in [3.8, 4) is 12.1 Å². The number of dihydropyridines is 1. The highest BCUT2D eigenvalue weighted by Crippen LogP contribution is 2.42. The minimum atomic E-state index is -0.292. The Morgan fingerprint density at radius 3 is 2.29 bits per heavy atom. The van der Waals surface area contributed by atoms with Crippen molar-refractivity contribution in [1.29, 1.82) is 10.5 Å². The molecule has 6 heteroatoms. The van der Waals surface area contributed by atoms with Crippen molar-refractivity contribution in [1.82, 2.24) is 15.5 Å². The number of rotatable bonds is 1. The van der Waals surface area contributed by atoms with Crippen LogP contribution in [-0.2, 0) is 0 Å². The van der Waals surface area contributed by atoms with E-state index in [-0.39, 0.29) is 5.92 Å². The van der Waals surface area contributed by atoms with Gasteiger partial charge in [0.2, 0.25) is 0 Å². The van der Waals surface area contributed by atoms with Gasteiger partial charge in [0.15, 0.2) is 0 Å². The lowest BCUT2D eigenvalue weighted by Gasteiger charge is -2.24. The third kappa shape index (κ3) is 1.93. The van der Waals surface area contributed by atoms with E-state index >= 15 is 0 Å². The van der Waals surface area contributed by atoms with Crippen molar-refractivity contribution in [3.63, 3.8) is 0 Å². The molecule has 104 valence electrons. The van der Waals surface area contributed by atoms with Crippen molar-refractivity contribution in [3.05, 3.63) is 39.2 Å². The number of hydrogen-bond donors (Lipinski definition) is 2. The van der Waals surface area contributed by atoms with Gasteiger partial charge in [-0.05, 0) is 26.8 Å². The van der Waals surface area contributed by atoms with E-state index in [4.69, 9.17) is 0 Å². The van der Waals surface area contributed by atoms with E-state index in [9.17, 15) is 10.5 Å². The summed E-state index contributed by atoms with van der Waals surface area (Å²) in [6, 6.07) is 6.46. The van der Waals surface area contributed by atoms with Gasteiger partial charge in [-0.2, -0.15) is 15.6 Å². The first kappa shape index (κ1) is 13.4. The molecule has 0 saturated heterocycles. The molecule has 0 bridgehead atoms. The highest BCUT2D eigenvalue weighted by molar-refractivity contribution is 7.19. The van der Waals surface area contributed by atoms with Gasteiger partial charge in [0, 0.05) is 22.0 Å². The quantitative estimate of drug-likeness (QED) is 0.845. The molecule has 2 aromatic rings. The van der Waals surface area contributed by atoms with Gasteiger partial charge in [-0.25, -0.2) is 0 Å². The lowest BCUT2D eigenvalue weighted by molar-refractivity contribution is 0.822. The van der Waals surface area contributed by atoms with Crippen LogP contribution in [0.15, 0.2) is 28.6 Å². The van der Waals surface area contributed by atoms with Gasteiger partial charge in [-0.1, -0.05) is 0 Å². The van der Waals surface area contributed by atoms with Crippen LogP contribution in [0.4, 0.5) is 0 Å². The van der Waals surface area contributed by atoms with E-state index in [2.05, 4.69) is 27.7 Å². The highest BCUT2D eigenvalue weighted by Gasteiger charge is 2.31. The van der Waals surface area contributed by atoms with E-state index in [1.165, 1.54) is 0 Å². The van der Waals surface area contributed by atoms with Crippen LogP contribution < -0.4 is 5.32 Å². The maximum atomic E-state index is 9.48. The van der Waals surface area contributed by atoms with Crippen LogP contribution in [0.5, 0.6) is 0 Å². The molecule has 2 N–H and O–H groups in total. The number of nitrogens with one attached hydrogen (secondary N) is 2. The number of allylic oxidation sites excluding steroid dienone is 4. The first-order valence-electron chi connectivity index (χ1n) is 6.50. The molecule has 3 rings (SSSR count). The summed E-state index contributed by atoms with van der Waals surface area (Å²) >= 11 is 1.59. The van der Waals surface area contributed by atoms with Gasteiger partial charge in [-0.15, -0.1) is 11.3 Å². The molecule has 1 aliphatic rings. The summed E-state index contributed by atoms with van der Waals surface area (Å²) in [5.74, 6) is -0.292. The Hall–Kier alpha value is -2.57. The smallest absolute Gasteiger partial charge is 0.103 e. The third-order valence-corrected chi connectivity index (χ3v) is 5.01. The Labute approximate surface area is 126 Å². The Kier molecular flexibility index (Phi) is 3.04. The van der Waals surface area contributed by atoms with Crippen LogP contribution in [-0.4, -0.2) is 10.2 Å². The standard InChI is InChI=1S/C15H13N5S/c1-7-10(5-16)14(11(6-17)8(2)18-7)13-4-12-15(21-13)9(3)19-20-12/h4,14,18H,1-3H3,(H,19,20). The molecule has 0 aromatic carbocycles.